The molecule has 94 valence electrons. The molecule has 1 saturated heterocycles. The van der Waals surface area contributed by atoms with Crippen molar-refractivity contribution in [2.24, 2.45) is 5.92 Å². The summed E-state index contributed by atoms with van der Waals surface area (Å²) in [5.41, 5.74) is 0.893. The Bertz CT molecular complexity index is 389. The van der Waals surface area contributed by atoms with Crippen molar-refractivity contribution >= 4 is 0 Å². The molecule has 4 heteroatoms. The maximum atomic E-state index is 13.4. The van der Waals surface area contributed by atoms with Crippen LogP contribution in [-0.4, -0.2) is 25.3 Å². The van der Waals surface area contributed by atoms with Gasteiger partial charge in [-0.2, -0.15) is 0 Å². The summed E-state index contributed by atoms with van der Waals surface area (Å²) < 4.78 is 18.4. The van der Waals surface area contributed by atoms with E-state index >= 15 is 0 Å². The Morgan fingerprint density at radius 3 is 2.76 bits per heavy atom. The van der Waals surface area contributed by atoms with Crippen LogP contribution in [0.25, 0.3) is 0 Å². The number of phenols is 1. The molecule has 1 fully saturated rings. The van der Waals surface area contributed by atoms with Gasteiger partial charge in [0.2, 0.25) is 0 Å². The van der Waals surface area contributed by atoms with Crippen molar-refractivity contribution in [3.05, 3.63) is 23.5 Å². The molecule has 1 aromatic carbocycles. The van der Waals surface area contributed by atoms with Crippen LogP contribution in [0.1, 0.15) is 18.4 Å². The summed E-state index contributed by atoms with van der Waals surface area (Å²) >= 11 is 0. The average molecular weight is 239 g/mol. The molecule has 0 bridgehead atoms. The predicted molar refractivity (Wildman–Crippen MR) is 63.9 cm³/mol. The van der Waals surface area contributed by atoms with E-state index in [-0.39, 0.29) is 5.75 Å². The number of ether oxygens (including phenoxy) is 1. The zero-order valence-electron chi connectivity index (χ0n) is 10.0. The Labute approximate surface area is 101 Å². The zero-order valence-corrected chi connectivity index (χ0v) is 10.0. The quantitative estimate of drug-likeness (QED) is 0.848. The smallest absolute Gasteiger partial charge is 0.194 e. The van der Waals surface area contributed by atoms with Gasteiger partial charge in [0, 0.05) is 0 Å². The normalized spacial score (nSPS) is 17.1. The van der Waals surface area contributed by atoms with Gasteiger partial charge >= 0.3 is 0 Å². The Morgan fingerprint density at radius 2 is 2.12 bits per heavy atom. The van der Waals surface area contributed by atoms with Gasteiger partial charge in [-0.15, -0.1) is 0 Å². The molecule has 1 aromatic rings. The summed E-state index contributed by atoms with van der Waals surface area (Å²) in [6.07, 6.45) is 3.07. The minimum atomic E-state index is -0.603. The third-order valence-corrected chi connectivity index (χ3v) is 3.29. The van der Waals surface area contributed by atoms with Gasteiger partial charge in [-0.25, -0.2) is 4.39 Å². The molecule has 0 aromatic heterocycles. The van der Waals surface area contributed by atoms with Crippen LogP contribution in [0.2, 0.25) is 0 Å². The molecule has 0 radical (unpaired) electrons. The number of hydrogen-bond acceptors (Lipinski definition) is 3. The minimum Gasteiger partial charge on any atom is -0.502 e. The largest absolute Gasteiger partial charge is 0.502 e. The number of benzene rings is 1. The van der Waals surface area contributed by atoms with E-state index in [0.717, 1.165) is 37.9 Å². The van der Waals surface area contributed by atoms with E-state index in [1.165, 1.54) is 13.2 Å². The SMILES string of the molecule is COc1cc(CC2CCNCC2)cc(F)c1O. The van der Waals surface area contributed by atoms with E-state index in [0.29, 0.717) is 5.92 Å². The van der Waals surface area contributed by atoms with E-state index in [4.69, 9.17) is 4.74 Å². The van der Waals surface area contributed by atoms with Crippen LogP contribution in [0.15, 0.2) is 12.1 Å². The molecule has 0 spiro atoms. The second kappa shape index (κ2) is 5.36. The van der Waals surface area contributed by atoms with Crippen LogP contribution in [0.4, 0.5) is 4.39 Å². The first kappa shape index (κ1) is 12.2. The molecular formula is C13H18FNO2. The summed E-state index contributed by atoms with van der Waals surface area (Å²) in [6, 6.07) is 3.13. The fourth-order valence-corrected chi connectivity index (χ4v) is 2.32. The second-order valence-corrected chi connectivity index (χ2v) is 4.53. The van der Waals surface area contributed by atoms with Crippen molar-refractivity contribution in [1.82, 2.24) is 5.32 Å². The maximum absolute atomic E-state index is 13.4. The summed E-state index contributed by atoms with van der Waals surface area (Å²) in [5.74, 6) is -0.200. The zero-order chi connectivity index (χ0) is 12.3. The summed E-state index contributed by atoms with van der Waals surface area (Å²) in [4.78, 5) is 0. The first-order valence-corrected chi connectivity index (χ1v) is 5.97. The fraction of sp³-hybridized carbons (Fsp3) is 0.538. The van der Waals surface area contributed by atoms with Gasteiger partial charge < -0.3 is 15.2 Å². The van der Waals surface area contributed by atoms with Crippen LogP contribution in [0.5, 0.6) is 11.5 Å². The lowest BCUT2D eigenvalue weighted by molar-refractivity contribution is 0.351. The third kappa shape index (κ3) is 2.88. The molecular weight excluding hydrogens is 221 g/mol. The van der Waals surface area contributed by atoms with E-state index in [1.807, 2.05) is 0 Å². The van der Waals surface area contributed by atoms with E-state index in [1.54, 1.807) is 6.07 Å². The maximum Gasteiger partial charge on any atom is 0.194 e. The molecule has 3 nitrogen and oxygen atoms in total. The summed E-state index contributed by atoms with van der Waals surface area (Å²) in [6.45, 7) is 2.06. The molecule has 0 atom stereocenters. The van der Waals surface area contributed by atoms with Gasteiger partial charge in [0.1, 0.15) is 0 Å². The summed E-state index contributed by atoms with van der Waals surface area (Å²) in [5, 5.41) is 12.7. The number of rotatable bonds is 3. The molecule has 1 aliphatic heterocycles. The van der Waals surface area contributed by atoms with Crippen molar-refractivity contribution in [2.75, 3.05) is 20.2 Å². The Balaban J connectivity index is 2.12. The molecule has 0 aliphatic carbocycles. The first-order chi connectivity index (χ1) is 8.20. The molecule has 17 heavy (non-hydrogen) atoms. The highest BCUT2D eigenvalue weighted by molar-refractivity contribution is 5.43. The number of phenolic OH excluding ortho intramolecular Hbond substituents is 1. The standard InChI is InChI=1S/C13H18FNO2/c1-17-12-8-10(7-11(14)13(12)16)6-9-2-4-15-5-3-9/h7-9,15-16H,2-6H2,1H3. The van der Waals surface area contributed by atoms with E-state index < -0.39 is 11.6 Å². The van der Waals surface area contributed by atoms with E-state index in [9.17, 15) is 9.50 Å². The van der Waals surface area contributed by atoms with Gasteiger partial charge in [0.15, 0.2) is 17.3 Å². The average Bonchev–Trinajstić information content (AvgIpc) is 2.35. The molecule has 1 aliphatic rings. The van der Waals surface area contributed by atoms with Crippen LogP contribution in [0, 0.1) is 11.7 Å². The number of methoxy groups -OCH3 is 1. The number of aromatic hydroxyl groups is 1. The summed E-state index contributed by atoms with van der Waals surface area (Å²) in [7, 11) is 1.43. The second-order valence-electron chi connectivity index (χ2n) is 4.53. The van der Waals surface area contributed by atoms with Crippen molar-refractivity contribution in [2.45, 2.75) is 19.3 Å². The number of hydrogen-bond donors (Lipinski definition) is 2. The van der Waals surface area contributed by atoms with Crippen molar-refractivity contribution in [3.63, 3.8) is 0 Å². The number of nitrogens with one attached hydrogen (secondary N) is 1. The lowest BCUT2D eigenvalue weighted by Gasteiger charge is -2.22. The number of piperidine rings is 1. The Kier molecular flexibility index (Phi) is 3.84. The lowest BCUT2D eigenvalue weighted by Crippen LogP contribution is -2.28. The lowest BCUT2D eigenvalue weighted by atomic mass is 9.91. The van der Waals surface area contributed by atoms with Crippen molar-refractivity contribution in [3.8, 4) is 11.5 Å². The highest BCUT2D eigenvalue weighted by atomic mass is 19.1. The molecule has 0 unspecified atom stereocenters. The number of halogens is 1. The highest BCUT2D eigenvalue weighted by Gasteiger charge is 2.16. The minimum absolute atomic E-state index is 0.217. The predicted octanol–water partition coefficient (Wildman–Crippen LogP) is 2.08. The molecule has 2 rings (SSSR count). The first-order valence-electron chi connectivity index (χ1n) is 5.97. The van der Waals surface area contributed by atoms with Gasteiger partial charge in [0.25, 0.3) is 0 Å². The van der Waals surface area contributed by atoms with Crippen LogP contribution in [-0.2, 0) is 6.42 Å². The third-order valence-electron chi connectivity index (χ3n) is 3.29. The van der Waals surface area contributed by atoms with Gasteiger partial charge in [-0.1, -0.05) is 0 Å². The molecule has 2 N–H and O–H groups in total. The highest BCUT2D eigenvalue weighted by Crippen LogP contribution is 2.31. The Morgan fingerprint density at radius 1 is 1.41 bits per heavy atom. The van der Waals surface area contributed by atoms with Crippen LogP contribution < -0.4 is 10.1 Å². The van der Waals surface area contributed by atoms with E-state index in [2.05, 4.69) is 5.32 Å². The molecule has 0 amide bonds. The van der Waals surface area contributed by atoms with Gasteiger partial charge in [0.05, 0.1) is 7.11 Å². The van der Waals surface area contributed by atoms with Crippen molar-refractivity contribution < 1.29 is 14.2 Å². The molecule has 0 saturated carbocycles. The van der Waals surface area contributed by atoms with Crippen LogP contribution in [0.3, 0.4) is 0 Å². The van der Waals surface area contributed by atoms with Crippen LogP contribution >= 0.6 is 0 Å². The topological polar surface area (TPSA) is 41.5 Å². The monoisotopic (exact) mass is 239 g/mol. The van der Waals surface area contributed by atoms with Gasteiger partial charge in [-0.3, -0.25) is 0 Å². The Hall–Kier alpha value is -1.29. The fourth-order valence-electron chi connectivity index (χ4n) is 2.32. The van der Waals surface area contributed by atoms with Crippen molar-refractivity contribution in [1.29, 1.82) is 0 Å². The van der Waals surface area contributed by atoms with Gasteiger partial charge in [-0.05, 0) is 56.0 Å². The molecule has 1 heterocycles.